The van der Waals surface area contributed by atoms with Crippen molar-refractivity contribution in [2.24, 2.45) is 0 Å². The molecular weight excluding hydrogens is 949 g/mol. The van der Waals surface area contributed by atoms with Crippen LogP contribution in [0, 0.1) is 0 Å². The number of esters is 3. The van der Waals surface area contributed by atoms with Crippen LogP contribution in [-0.4, -0.2) is 37.2 Å². The molecule has 0 aliphatic rings. The molecule has 454 valence electrons. The van der Waals surface area contributed by atoms with E-state index in [0.29, 0.717) is 19.3 Å². The molecule has 0 aliphatic carbocycles. The zero-order chi connectivity index (χ0) is 55.7. The zero-order valence-corrected chi connectivity index (χ0v) is 52.3. The van der Waals surface area contributed by atoms with Gasteiger partial charge in [0.15, 0.2) is 6.10 Å². The summed E-state index contributed by atoms with van der Waals surface area (Å²) in [5.74, 6) is -0.833. The lowest BCUT2D eigenvalue weighted by molar-refractivity contribution is -0.167. The Hall–Kier alpha value is -2.11. The van der Waals surface area contributed by atoms with Gasteiger partial charge in [-0.3, -0.25) is 14.4 Å². The maximum atomic E-state index is 12.9. The van der Waals surface area contributed by atoms with E-state index >= 15 is 0 Å². The van der Waals surface area contributed by atoms with Gasteiger partial charge < -0.3 is 14.2 Å². The molecule has 0 rings (SSSR count). The predicted molar refractivity (Wildman–Crippen MR) is 335 cm³/mol. The third-order valence-electron chi connectivity index (χ3n) is 16.0. The number of unbranched alkanes of at least 4 members (excludes halogenated alkanes) is 50. The van der Waals surface area contributed by atoms with Gasteiger partial charge in [0.1, 0.15) is 13.2 Å². The molecule has 0 saturated heterocycles. The van der Waals surface area contributed by atoms with Crippen LogP contribution in [0.3, 0.4) is 0 Å². The lowest BCUT2D eigenvalue weighted by atomic mass is 10.0. The summed E-state index contributed by atoms with van der Waals surface area (Å²) in [6.45, 7) is 6.71. The van der Waals surface area contributed by atoms with Crippen molar-refractivity contribution >= 4 is 17.9 Å². The Bertz CT molecular complexity index is 1240. The van der Waals surface area contributed by atoms with Crippen LogP contribution in [0.2, 0.25) is 0 Å². The molecule has 6 heteroatoms. The zero-order valence-electron chi connectivity index (χ0n) is 52.3. The molecular formula is C71H134O6. The molecule has 0 bridgehead atoms. The molecule has 0 aromatic heterocycles. The fraction of sp³-hybridized carbons (Fsp3) is 0.901. The second-order valence-corrected chi connectivity index (χ2v) is 23.8. The summed E-state index contributed by atoms with van der Waals surface area (Å²) in [7, 11) is 0. The van der Waals surface area contributed by atoms with Crippen molar-refractivity contribution in [3.63, 3.8) is 0 Å². The Morgan fingerprint density at radius 2 is 0.468 bits per heavy atom. The van der Waals surface area contributed by atoms with Gasteiger partial charge in [-0.25, -0.2) is 0 Å². The van der Waals surface area contributed by atoms with Crippen LogP contribution in [0.15, 0.2) is 24.3 Å². The maximum Gasteiger partial charge on any atom is 0.306 e. The monoisotopic (exact) mass is 1080 g/mol. The Kier molecular flexibility index (Phi) is 64.6. The molecule has 0 heterocycles. The smallest absolute Gasteiger partial charge is 0.306 e. The number of carbonyl (C=O) groups excluding carboxylic acids is 3. The third-order valence-corrected chi connectivity index (χ3v) is 16.0. The highest BCUT2D eigenvalue weighted by atomic mass is 16.6. The van der Waals surface area contributed by atoms with E-state index in [1.807, 2.05) is 0 Å². The Morgan fingerprint density at radius 1 is 0.260 bits per heavy atom. The maximum absolute atomic E-state index is 12.9. The average molecular weight is 1080 g/mol. The van der Waals surface area contributed by atoms with Crippen molar-refractivity contribution in [1.82, 2.24) is 0 Å². The molecule has 0 aromatic carbocycles. The highest BCUT2D eigenvalue weighted by Gasteiger charge is 2.19. The first-order valence-electron chi connectivity index (χ1n) is 34.8. The molecule has 0 amide bonds. The van der Waals surface area contributed by atoms with E-state index in [9.17, 15) is 14.4 Å². The normalized spacial score (nSPS) is 12.1. The minimum Gasteiger partial charge on any atom is -0.462 e. The van der Waals surface area contributed by atoms with Crippen molar-refractivity contribution in [3.8, 4) is 0 Å². The second kappa shape index (κ2) is 66.4. The molecule has 0 spiro atoms. The molecule has 1 unspecified atom stereocenters. The van der Waals surface area contributed by atoms with Crippen LogP contribution in [0.25, 0.3) is 0 Å². The topological polar surface area (TPSA) is 78.9 Å². The Morgan fingerprint density at radius 3 is 0.714 bits per heavy atom. The van der Waals surface area contributed by atoms with Gasteiger partial charge in [0.2, 0.25) is 0 Å². The van der Waals surface area contributed by atoms with Gasteiger partial charge in [-0.15, -0.1) is 0 Å². The van der Waals surface area contributed by atoms with E-state index in [1.165, 1.54) is 289 Å². The lowest BCUT2D eigenvalue weighted by Gasteiger charge is -2.18. The van der Waals surface area contributed by atoms with Crippen molar-refractivity contribution in [1.29, 1.82) is 0 Å². The van der Waals surface area contributed by atoms with Crippen molar-refractivity contribution in [3.05, 3.63) is 24.3 Å². The van der Waals surface area contributed by atoms with Crippen LogP contribution in [0.1, 0.15) is 393 Å². The van der Waals surface area contributed by atoms with Crippen molar-refractivity contribution in [2.45, 2.75) is 399 Å². The summed E-state index contributed by atoms with van der Waals surface area (Å²) >= 11 is 0. The summed E-state index contributed by atoms with van der Waals surface area (Å²) in [6, 6.07) is 0. The van der Waals surface area contributed by atoms with Crippen molar-refractivity contribution in [2.75, 3.05) is 13.2 Å². The molecule has 0 aliphatic heterocycles. The molecule has 0 fully saturated rings. The first-order valence-corrected chi connectivity index (χ1v) is 34.8. The van der Waals surface area contributed by atoms with Gasteiger partial charge in [0, 0.05) is 19.3 Å². The summed E-state index contributed by atoms with van der Waals surface area (Å²) in [5, 5.41) is 0. The van der Waals surface area contributed by atoms with Crippen LogP contribution >= 0.6 is 0 Å². The first kappa shape index (κ1) is 74.9. The summed E-state index contributed by atoms with van der Waals surface area (Å²) in [4.78, 5) is 38.4. The van der Waals surface area contributed by atoms with Crippen LogP contribution < -0.4 is 0 Å². The van der Waals surface area contributed by atoms with Gasteiger partial charge in [0.25, 0.3) is 0 Å². The van der Waals surface area contributed by atoms with E-state index in [-0.39, 0.29) is 31.1 Å². The molecule has 0 radical (unpaired) electrons. The number of hydrogen-bond acceptors (Lipinski definition) is 6. The van der Waals surface area contributed by atoms with E-state index in [0.717, 1.165) is 64.2 Å². The van der Waals surface area contributed by atoms with Gasteiger partial charge in [-0.05, 0) is 51.4 Å². The average Bonchev–Trinajstić information content (AvgIpc) is 3.43. The molecule has 77 heavy (non-hydrogen) atoms. The summed E-state index contributed by atoms with van der Waals surface area (Å²) < 4.78 is 17.0. The van der Waals surface area contributed by atoms with Gasteiger partial charge >= 0.3 is 17.9 Å². The Labute approximate surface area is 481 Å². The highest BCUT2D eigenvalue weighted by Crippen LogP contribution is 2.19. The van der Waals surface area contributed by atoms with E-state index in [1.54, 1.807) is 0 Å². The van der Waals surface area contributed by atoms with Crippen LogP contribution in [-0.2, 0) is 28.6 Å². The van der Waals surface area contributed by atoms with E-state index < -0.39 is 6.10 Å². The Balaban J connectivity index is 4.20. The number of carbonyl (C=O) groups is 3. The fourth-order valence-electron chi connectivity index (χ4n) is 10.7. The number of hydrogen-bond donors (Lipinski definition) is 0. The predicted octanol–water partition coefficient (Wildman–Crippen LogP) is 23.8. The van der Waals surface area contributed by atoms with Crippen LogP contribution in [0.5, 0.6) is 0 Å². The number of allylic oxidation sites excluding steroid dienone is 4. The van der Waals surface area contributed by atoms with E-state index in [2.05, 4.69) is 45.1 Å². The third kappa shape index (κ3) is 64.6. The van der Waals surface area contributed by atoms with Gasteiger partial charge in [0.05, 0.1) is 0 Å². The highest BCUT2D eigenvalue weighted by molar-refractivity contribution is 5.71. The minimum absolute atomic E-state index is 0.0644. The standard InChI is InChI=1S/C71H134O6/c1-4-7-10-13-16-19-22-25-27-29-31-33-35-36-37-39-40-42-44-46-49-52-55-58-61-64-70(73)76-67-68(66-75-69(72)63-60-57-54-51-48-24-21-18-15-12-9-6-3)77-71(74)65-62-59-56-53-50-47-45-43-41-38-34-32-30-28-26-23-20-17-14-11-8-5-2/h22,25,29,31,68H,4-21,23-24,26-28,30,32-67H2,1-3H3/b25-22-,31-29-. The summed E-state index contributed by atoms with van der Waals surface area (Å²) in [5.41, 5.74) is 0. The quantitative estimate of drug-likeness (QED) is 0.0261. The fourth-order valence-corrected chi connectivity index (χ4v) is 10.7. The number of ether oxygens (including phenoxy) is 3. The first-order chi connectivity index (χ1) is 38.0. The number of rotatable bonds is 65. The molecule has 1 atom stereocenters. The molecule has 0 aromatic rings. The van der Waals surface area contributed by atoms with E-state index in [4.69, 9.17) is 14.2 Å². The minimum atomic E-state index is -0.767. The molecule has 6 nitrogen and oxygen atoms in total. The molecule has 0 saturated carbocycles. The molecule has 0 N–H and O–H groups in total. The largest absolute Gasteiger partial charge is 0.462 e. The van der Waals surface area contributed by atoms with Gasteiger partial charge in [-0.2, -0.15) is 0 Å². The van der Waals surface area contributed by atoms with Crippen LogP contribution in [0.4, 0.5) is 0 Å². The SMILES string of the molecule is CCCCCCC/C=C\C/C=C\CCCCCCCCCCCCCCCC(=O)OCC(COC(=O)CCCCCCCCCCCCCC)OC(=O)CCCCCCCCCCCCCCCCCCCCCCCC. The van der Waals surface area contributed by atoms with Crippen molar-refractivity contribution < 1.29 is 28.6 Å². The van der Waals surface area contributed by atoms with Gasteiger partial charge in [-0.1, -0.05) is 347 Å². The summed E-state index contributed by atoms with van der Waals surface area (Å²) in [6.07, 6.45) is 80.6. The lowest BCUT2D eigenvalue weighted by Crippen LogP contribution is -2.30. The second-order valence-electron chi connectivity index (χ2n) is 23.8.